The van der Waals surface area contributed by atoms with E-state index in [1.807, 2.05) is 60.5 Å². The van der Waals surface area contributed by atoms with Crippen molar-refractivity contribution in [2.45, 2.75) is 12.1 Å². The summed E-state index contributed by atoms with van der Waals surface area (Å²) in [7, 11) is 0. The van der Waals surface area contributed by atoms with E-state index < -0.39 is 0 Å². The Labute approximate surface area is 173 Å². The molecule has 0 radical (unpaired) electrons. The lowest BCUT2D eigenvalue weighted by Crippen LogP contribution is -2.50. The normalized spacial score (nSPS) is 14.2. The number of rotatable bonds is 5. The number of thioether (sulfide) groups is 1. The van der Waals surface area contributed by atoms with Gasteiger partial charge in [0.15, 0.2) is 5.82 Å². The molecule has 29 heavy (non-hydrogen) atoms. The zero-order valence-corrected chi connectivity index (χ0v) is 17.1. The maximum atomic E-state index is 12.6. The average Bonchev–Trinajstić information content (AvgIpc) is 3.13. The summed E-state index contributed by atoms with van der Waals surface area (Å²) in [6, 6.07) is 14.0. The van der Waals surface area contributed by atoms with Crippen molar-refractivity contribution in [2.75, 3.05) is 42.7 Å². The van der Waals surface area contributed by atoms with Gasteiger partial charge in [0.05, 0.1) is 25.0 Å². The summed E-state index contributed by atoms with van der Waals surface area (Å²) < 4.78 is 1.45. The van der Waals surface area contributed by atoms with Crippen molar-refractivity contribution in [3.63, 3.8) is 0 Å². The number of benzene rings is 1. The number of hydrogen-bond donors (Lipinski definition) is 1. The standard InChI is InChI=1S/C20H23N7OS/c1-15-5-7-16(8-6-15)19-23-24-20(27(19)21)29-14-18(28)26-12-10-25(11-13-26)17-4-2-3-9-22-17/h2-9H,10-14,21H2,1H3/p+1. The van der Waals surface area contributed by atoms with Crippen molar-refractivity contribution >= 4 is 23.5 Å². The second-order valence-corrected chi connectivity index (χ2v) is 7.89. The Kier molecular flexibility index (Phi) is 5.66. The number of nitrogens with one attached hydrogen (secondary N) is 1. The lowest BCUT2D eigenvalue weighted by atomic mass is 10.1. The molecule has 4 rings (SSSR count). The second kappa shape index (κ2) is 8.52. The second-order valence-electron chi connectivity index (χ2n) is 6.95. The van der Waals surface area contributed by atoms with Crippen LogP contribution in [-0.4, -0.2) is 57.6 Å². The molecule has 3 aromatic rings. The maximum absolute atomic E-state index is 12.6. The minimum Gasteiger partial charge on any atom is -0.335 e. The molecule has 2 aromatic heterocycles. The van der Waals surface area contributed by atoms with Gasteiger partial charge in [0.2, 0.25) is 11.1 Å². The lowest BCUT2D eigenvalue weighted by molar-refractivity contribution is -0.364. The van der Waals surface area contributed by atoms with Crippen LogP contribution >= 0.6 is 11.8 Å². The smallest absolute Gasteiger partial charge is 0.274 e. The molecule has 0 bridgehead atoms. The van der Waals surface area contributed by atoms with Crippen LogP contribution in [0.25, 0.3) is 11.4 Å². The minimum absolute atomic E-state index is 0.0894. The Morgan fingerprint density at radius 1 is 1.10 bits per heavy atom. The quantitative estimate of drug-likeness (QED) is 0.502. The van der Waals surface area contributed by atoms with Gasteiger partial charge in [0.25, 0.3) is 5.82 Å². The van der Waals surface area contributed by atoms with E-state index in [9.17, 15) is 4.79 Å². The first-order chi connectivity index (χ1) is 14.1. The van der Waals surface area contributed by atoms with E-state index >= 15 is 0 Å². The van der Waals surface area contributed by atoms with Crippen LogP contribution in [0.4, 0.5) is 5.82 Å². The van der Waals surface area contributed by atoms with Crippen molar-refractivity contribution in [2.24, 2.45) is 0 Å². The summed E-state index contributed by atoms with van der Waals surface area (Å²) in [5.74, 6) is 8.21. The van der Waals surface area contributed by atoms with Gasteiger partial charge in [0.1, 0.15) is 13.1 Å². The van der Waals surface area contributed by atoms with Crippen LogP contribution in [-0.2, 0) is 4.79 Å². The number of aromatic amines is 1. The number of carbonyl (C=O) groups is 1. The molecule has 3 N–H and O–H groups in total. The zero-order valence-electron chi connectivity index (χ0n) is 16.3. The van der Waals surface area contributed by atoms with Crippen molar-refractivity contribution in [1.82, 2.24) is 19.8 Å². The minimum atomic E-state index is 0.0894. The number of piperazine rings is 1. The molecule has 150 valence electrons. The summed E-state index contributed by atoms with van der Waals surface area (Å²) in [6.07, 6.45) is 1.91. The van der Waals surface area contributed by atoms with E-state index in [2.05, 4.69) is 20.1 Å². The number of aryl methyl sites for hydroxylation is 1. The van der Waals surface area contributed by atoms with Crippen LogP contribution in [0.2, 0.25) is 0 Å². The number of anilines is 1. The molecule has 9 heteroatoms. The summed E-state index contributed by atoms with van der Waals surface area (Å²) in [5, 5.41) is 8.87. The molecule has 1 aliphatic heterocycles. The van der Waals surface area contributed by atoms with E-state index in [0.29, 0.717) is 29.8 Å². The number of aromatic nitrogens is 4. The van der Waals surface area contributed by atoms with Gasteiger partial charge in [-0.25, -0.2) is 9.66 Å². The van der Waals surface area contributed by atoms with Crippen LogP contribution in [0, 0.1) is 6.92 Å². The van der Waals surface area contributed by atoms with Crippen LogP contribution in [0.1, 0.15) is 5.56 Å². The number of nitrogens with zero attached hydrogens (tertiary/aromatic N) is 5. The largest absolute Gasteiger partial charge is 0.335 e. The number of nitrogen functional groups attached to an aromatic ring is 1. The Morgan fingerprint density at radius 2 is 1.86 bits per heavy atom. The highest BCUT2D eigenvalue weighted by Gasteiger charge is 2.26. The number of H-pyrrole nitrogens is 1. The highest BCUT2D eigenvalue weighted by atomic mass is 32.2. The van der Waals surface area contributed by atoms with Gasteiger partial charge in [-0.3, -0.25) is 9.69 Å². The molecule has 0 aliphatic carbocycles. The first-order valence-corrected chi connectivity index (χ1v) is 10.5. The van der Waals surface area contributed by atoms with Crippen molar-refractivity contribution in [1.29, 1.82) is 0 Å². The van der Waals surface area contributed by atoms with Crippen molar-refractivity contribution in [3.05, 3.63) is 54.2 Å². The Morgan fingerprint density at radius 3 is 2.55 bits per heavy atom. The monoisotopic (exact) mass is 410 g/mol. The number of carbonyl (C=O) groups excluding carboxylic acids is 1. The molecule has 0 saturated carbocycles. The summed E-state index contributed by atoms with van der Waals surface area (Å²) in [5.41, 5.74) is 2.07. The Balaban J connectivity index is 1.32. The number of nitrogens with two attached hydrogens (primary N) is 1. The zero-order chi connectivity index (χ0) is 20.2. The lowest BCUT2D eigenvalue weighted by Gasteiger charge is -2.30. The predicted molar refractivity (Wildman–Crippen MR) is 113 cm³/mol. The van der Waals surface area contributed by atoms with E-state index in [-0.39, 0.29) is 5.91 Å². The molecule has 0 atom stereocenters. The third-order valence-electron chi connectivity index (χ3n) is 4.96. The van der Waals surface area contributed by atoms with Crippen LogP contribution in [0.5, 0.6) is 0 Å². The topological polar surface area (TPSA) is 94.4 Å². The Hall–Kier alpha value is -3.07. The van der Waals surface area contributed by atoms with Crippen LogP contribution in [0.3, 0.4) is 0 Å². The molecular formula is C20H24N7OS+. The third kappa shape index (κ3) is 4.34. The fourth-order valence-electron chi connectivity index (χ4n) is 3.27. The highest BCUT2D eigenvalue weighted by molar-refractivity contribution is 7.99. The fourth-order valence-corrected chi connectivity index (χ4v) is 4.03. The van der Waals surface area contributed by atoms with E-state index in [0.717, 1.165) is 24.5 Å². The summed E-state index contributed by atoms with van der Waals surface area (Å²) in [4.78, 5) is 20.0. The van der Waals surface area contributed by atoms with Crippen LogP contribution < -0.4 is 15.7 Å². The summed E-state index contributed by atoms with van der Waals surface area (Å²) in [6.45, 7) is 5.04. The van der Waals surface area contributed by atoms with Gasteiger partial charge in [-0.05, 0) is 13.0 Å². The van der Waals surface area contributed by atoms with Crippen molar-refractivity contribution < 1.29 is 9.78 Å². The SMILES string of the molecule is Cc1ccc(-c2nnc(SCC(=O)N3CCN(c4cccc[nH+]4)CC3)n2N)cc1. The first-order valence-electron chi connectivity index (χ1n) is 9.51. The molecule has 0 unspecified atom stereocenters. The van der Waals surface area contributed by atoms with Gasteiger partial charge >= 0.3 is 0 Å². The first kappa shape index (κ1) is 19.3. The van der Waals surface area contributed by atoms with Gasteiger partial charge < -0.3 is 10.7 Å². The number of hydrogen-bond acceptors (Lipinski definition) is 6. The predicted octanol–water partition coefficient (Wildman–Crippen LogP) is 1.22. The fraction of sp³-hybridized carbons (Fsp3) is 0.300. The van der Waals surface area contributed by atoms with Crippen molar-refractivity contribution in [3.8, 4) is 11.4 Å². The molecule has 8 nitrogen and oxygen atoms in total. The number of pyridine rings is 1. The van der Waals surface area contributed by atoms with Gasteiger partial charge in [-0.15, -0.1) is 10.2 Å². The highest BCUT2D eigenvalue weighted by Crippen LogP contribution is 2.22. The molecule has 3 heterocycles. The molecule has 0 spiro atoms. The Bertz CT molecular complexity index is 966. The molecule has 1 saturated heterocycles. The van der Waals surface area contributed by atoms with Gasteiger partial charge in [0, 0.05) is 11.6 Å². The summed E-state index contributed by atoms with van der Waals surface area (Å²) >= 11 is 1.32. The third-order valence-corrected chi connectivity index (χ3v) is 5.89. The van der Waals surface area contributed by atoms with Gasteiger partial charge in [-0.2, -0.15) is 0 Å². The van der Waals surface area contributed by atoms with Gasteiger partial charge in [-0.1, -0.05) is 47.7 Å². The molecule has 1 amide bonds. The van der Waals surface area contributed by atoms with E-state index in [1.165, 1.54) is 22.0 Å². The van der Waals surface area contributed by atoms with Crippen LogP contribution in [0.15, 0.2) is 53.8 Å². The molecule has 1 aliphatic rings. The molecule has 1 fully saturated rings. The maximum Gasteiger partial charge on any atom is 0.274 e. The number of amides is 1. The molecule has 1 aromatic carbocycles. The van der Waals surface area contributed by atoms with E-state index in [1.54, 1.807) is 0 Å². The van der Waals surface area contributed by atoms with E-state index in [4.69, 9.17) is 5.84 Å². The average molecular weight is 411 g/mol. The molecular weight excluding hydrogens is 386 g/mol.